The van der Waals surface area contributed by atoms with Gasteiger partial charge >= 0.3 is 5.97 Å². The number of aliphatic carboxylic acids is 1. The lowest BCUT2D eigenvalue weighted by Gasteiger charge is -2.30. The fraction of sp³-hybridized carbons (Fsp3) is 0.833. The number of nitrogens with zero attached hydrogens (tertiary/aromatic N) is 1. The Labute approximate surface area is 86.8 Å². The fourth-order valence-corrected chi connectivity index (χ4v) is 3.50. The molecule has 0 aromatic rings. The molecule has 1 aliphatic heterocycles. The smallest absolute Gasteiger partial charge is 0.322 e. The minimum absolute atomic E-state index is 0.241. The molecule has 0 spiro atoms. The van der Waals surface area contributed by atoms with Gasteiger partial charge in [0.2, 0.25) is 0 Å². The molecule has 0 aromatic heterocycles. The molecule has 0 saturated carbocycles. The van der Waals surface area contributed by atoms with Crippen molar-refractivity contribution < 1.29 is 18.3 Å². The molecule has 8 heteroatoms. The van der Waals surface area contributed by atoms with Crippen molar-refractivity contribution in [2.45, 2.75) is 6.04 Å². The first-order valence-corrected chi connectivity index (χ1v) is 6.59. The van der Waals surface area contributed by atoms with Gasteiger partial charge in [-0.05, 0) is 0 Å². The Balaban J connectivity index is 2.88. The Morgan fingerprint density at radius 2 is 2.29 bits per heavy atom. The number of hydrogen-bond acceptors (Lipinski definition) is 4. The van der Waals surface area contributed by atoms with E-state index < -0.39 is 22.2 Å². The molecular formula is C6H12N2O4S2. The van der Waals surface area contributed by atoms with Crippen LogP contribution in [-0.2, 0) is 15.0 Å². The van der Waals surface area contributed by atoms with E-state index in [0.717, 1.165) is 4.31 Å². The number of hydrogen-bond donors (Lipinski definition) is 2. The van der Waals surface area contributed by atoms with Gasteiger partial charge in [-0.2, -0.15) is 24.5 Å². The zero-order chi connectivity index (χ0) is 10.8. The highest BCUT2D eigenvalue weighted by Crippen LogP contribution is 2.18. The van der Waals surface area contributed by atoms with Gasteiger partial charge in [0.15, 0.2) is 0 Å². The molecule has 0 amide bonds. The van der Waals surface area contributed by atoms with Crippen LogP contribution in [0.25, 0.3) is 0 Å². The minimum Gasteiger partial charge on any atom is -0.480 e. The number of thioether (sulfide) groups is 1. The second-order valence-corrected chi connectivity index (χ2v) is 5.73. The Morgan fingerprint density at radius 3 is 2.79 bits per heavy atom. The third kappa shape index (κ3) is 2.38. The summed E-state index contributed by atoms with van der Waals surface area (Å²) in [4.78, 5) is 10.8. The summed E-state index contributed by atoms with van der Waals surface area (Å²) < 4.78 is 25.9. The van der Waals surface area contributed by atoms with Gasteiger partial charge in [0.25, 0.3) is 10.2 Å². The summed E-state index contributed by atoms with van der Waals surface area (Å²) >= 11 is 1.45. The van der Waals surface area contributed by atoms with Gasteiger partial charge in [-0.25, -0.2) is 4.72 Å². The van der Waals surface area contributed by atoms with Crippen LogP contribution in [0.2, 0.25) is 0 Å². The van der Waals surface area contributed by atoms with Gasteiger partial charge in [0, 0.05) is 25.1 Å². The number of rotatable bonds is 3. The maximum atomic E-state index is 11.4. The van der Waals surface area contributed by atoms with E-state index in [2.05, 4.69) is 4.72 Å². The van der Waals surface area contributed by atoms with Crippen LogP contribution in [0.1, 0.15) is 0 Å². The molecule has 1 saturated heterocycles. The lowest BCUT2D eigenvalue weighted by molar-refractivity contribution is -0.140. The summed E-state index contributed by atoms with van der Waals surface area (Å²) in [5, 5.41) is 8.82. The van der Waals surface area contributed by atoms with Crippen LogP contribution >= 0.6 is 11.8 Å². The van der Waals surface area contributed by atoms with Crippen LogP contribution in [-0.4, -0.2) is 54.9 Å². The molecule has 14 heavy (non-hydrogen) atoms. The van der Waals surface area contributed by atoms with Crippen molar-refractivity contribution in [3.63, 3.8) is 0 Å². The van der Waals surface area contributed by atoms with E-state index in [9.17, 15) is 13.2 Å². The predicted octanol–water partition coefficient (Wildman–Crippen LogP) is -1.05. The van der Waals surface area contributed by atoms with Crippen molar-refractivity contribution in [3.05, 3.63) is 0 Å². The molecule has 1 fully saturated rings. The molecule has 0 aromatic carbocycles. The maximum absolute atomic E-state index is 11.4. The van der Waals surface area contributed by atoms with Crippen molar-refractivity contribution in [2.75, 3.05) is 25.1 Å². The summed E-state index contributed by atoms with van der Waals surface area (Å²) in [6.45, 7) is 0.241. The minimum atomic E-state index is -3.63. The topological polar surface area (TPSA) is 86.7 Å². The first-order valence-electron chi connectivity index (χ1n) is 4.00. The third-order valence-electron chi connectivity index (χ3n) is 1.93. The zero-order valence-electron chi connectivity index (χ0n) is 7.63. The van der Waals surface area contributed by atoms with Crippen LogP contribution in [0.4, 0.5) is 0 Å². The average molecular weight is 240 g/mol. The lowest BCUT2D eigenvalue weighted by atomic mass is 10.3. The Kier molecular flexibility index (Phi) is 3.76. The van der Waals surface area contributed by atoms with E-state index in [-0.39, 0.29) is 6.54 Å². The predicted molar refractivity (Wildman–Crippen MR) is 53.4 cm³/mol. The number of carboxylic acid groups (broad SMARTS) is 1. The zero-order valence-corrected chi connectivity index (χ0v) is 9.27. The van der Waals surface area contributed by atoms with Crippen LogP contribution in [0.3, 0.4) is 0 Å². The van der Waals surface area contributed by atoms with E-state index in [1.807, 2.05) is 0 Å². The highest BCUT2D eigenvalue weighted by Gasteiger charge is 2.36. The molecule has 82 valence electrons. The lowest BCUT2D eigenvalue weighted by Crippen LogP contribution is -2.53. The van der Waals surface area contributed by atoms with Gasteiger partial charge < -0.3 is 5.11 Å². The summed E-state index contributed by atoms with van der Waals surface area (Å²) in [5.41, 5.74) is 0. The normalized spacial score (nSPS) is 24.8. The van der Waals surface area contributed by atoms with Gasteiger partial charge in [0.1, 0.15) is 6.04 Å². The number of carboxylic acids is 1. The second kappa shape index (κ2) is 4.47. The summed E-state index contributed by atoms with van der Waals surface area (Å²) in [6.07, 6.45) is 0. The molecule has 1 rings (SSSR count). The standard InChI is InChI=1S/C6H12N2O4S2/c1-7-14(11,12)8-2-3-13-4-5(8)6(9)10/h5,7H,2-4H2,1H3,(H,9,10). The van der Waals surface area contributed by atoms with Crippen LogP contribution < -0.4 is 4.72 Å². The molecule has 1 atom stereocenters. The quantitative estimate of drug-likeness (QED) is 0.657. The van der Waals surface area contributed by atoms with Crippen LogP contribution in [0, 0.1) is 0 Å². The van der Waals surface area contributed by atoms with E-state index in [4.69, 9.17) is 5.11 Å². The second-order valence-electron chi connectivity index (χ2n) is 2.75. The molecule has 6 nitrogen and oxygen atoms in total. The molecular weight excluding hydrogens is 228 g/mol. The molecule has 0 bridgehead atoms. The van der Waals surface area contributed by atoms with E-state index >= 15 is 0 Å². The maximum Gasteiger partial charge on any atom is 0.322 e. The molecule has 1 aliphatic rings. The van der Waals surface area contributed by atoms with Gasteiger partial charge in [-0.1, -0.05) is 0 Å². The molecule has 0 radical (unpaired) electrons. The average Bonchev–Trinajstić information content (AvgIpc) is 2.18. The van der Waals surface area contributed by atoms with Gasteiger partial charge in [0.05, 0.1) is 0 Å². The Bertz CT molecular complexity index is 316. The number of nitrogens with one attached hydrogen (secondary N) is 1. The fourth-order valence-electron chi connectivity index (χ4n) is 1.19. The van der Waals surface area contributed by atoms with Gasteiger partial charge in [-0.3, -0.25) is 4.79 Å². The number of carbonyl (C=O) groups is 1. The highest BCUT2D eigenvalue weighted by atomic mass is 32.2. The SMILES string of the molecule is CNS(=O)(=O)N1CCSCC1C(=O)O. The molecule has 0 aliphatic carbocycles. The van der Waals surface area contributed by atoms with Crippen molar-refractivity contribution in [3.8, 4) is 0 Å². The van der Waals surface area contributed by atoms with E-state index in [1.54, 1.807) is 0 Å². The summed E-state index contributed by atoms with van der Waals surface area (Å²) in [7, 11) is -2.35. The summed E-state index contributed by atoms with van der Waals surface area (Å²) in [5.74, 6) is -0.169. The first-order chi connectivity index (χ1) is 6.49. The van der Waals surface area contributed by atoms with E-state index in [0.29, 0.717) is 11.5 Å². The third-order valence-corrected chi connectivity index (χ3v) is 4.52. The van der Waals surface area contributed by atoms with Crippen LogP contribution in [0.15, 0.2) is 0 Å². The monoisotopic (exact) mass is 240 g/mol. The van der Waals surface area contributed by atoms with Crippen molar-refractivity contribution in [1.29, 1.82) is 0 Å². The van der Waals surface area contributed by atoms with Crippen molar-refractivity contribution >= 4 is 27.9 Å². The van der Waals surface area contributed by atoms with Gasteiger partial charge in [-0.15, -0.1) is 0 Å². The molecule has 2 N–H and O–H groups in total. The summed E-state index contributed by atoms with van der Waals surface area (Å²) in [6, 6.07) is -0.953. The van der Waals surface area contributed by atoms with Crippen molar-refractivity contribution in [2.24, 2.45) is 0 Å². The largest absolute Gasteiger partial charge is 0.480 e. The first kappa shape index (κ1) is 11.8. The molecule has 1 unspecified atom stereocenters. The van der Waals surface area contributed by atoms with Crippen LogP contribution in [0.5, 0.6) is 0 Å². The Hall–Kier alpha value is -0.310. The Morgan fingerprint density at radius 1 is 1.64 bits per heavy atom. The highest BCUT2D eigenvalue weighted by molar-refractivity contribution is 7.99. The van der Waals surface area contributed by atoms with E-state index in [1.165, 1.54) is 18.8 Å². The van der Waals surface area contributed by atoms with Crippen molar-refractivity contribution in [1.82, 2.24) is 9.03 Å². The molecule has 1 heterocycles.